The van der Waals surface area contributed by atoms with Crippen LogP contribution in [0.1, 0.15) is 43.0 Å². The first-order valence-corrected chi connectivity index (χ1v) is 8.14. The molecule has 0 saturated carbocycles. The molecular formula is C23H26. The Labute approximate surface area is 140 Å². The van der Waals surface area contributed by atoms with Crippen molar-refractivity contribution >= 4 is 11.6 Å². The van der Waals surface area contributed by atoms with Gasteiger partial charge in [0.2, 0.25) is 0 Å². The monoisotopic (exact) mass is 302 g/mol. The van der Waals surface area contributed by atoms with Crippen LogP contribution in [0, 0.1) is 13.8 Å². The average molecular weight is 302 g/mol. The lowest BCUT2D eigenvalue weighted by Crippen LogP contribution is -1.90. The average Bonchev–Trinajstić information content (AvgIpc) is 2.51. The van der Waals surface area contributed by atoms with Crippen LogP contribution in [-0.4, -0.2) is 0 Å². The summed E-state index contributed by atoms with van der Waals surface area (Å²) in [5.41, 5.74) is 9.06. The predicted molar refractivity (Wildman–Crippen MR) is 103 cm³/mol. The van der Waals surface area contributed by atoms with Gasteiger partial charge in [0.1, 0.15) is 0 Å². The fourth-order valence-corrected chi connectivity index (χ4v) is 2.70. The molecule has 0 unspecified atom stereocenters. The number of aryl methyl sites for hydroxylation is 2. The van der Waals surface area contributed by atoms with Crippen LogP contribution in [0.2, 0.25) is 0 Å². The third kappa shape index (κ3) is 4.82. The summed E-state index contributed by atoms with van der Waals surface area (Å²) in [6, 6.07) is 17.3. The summed E-state index contributed by atoms with van der Waals surface area (Å²) in [6.45, 7) is 10.8. The Morgan fingerprint density at radius 2 is 1.26 bits per heavy atom. The molecule has 0 aliphatic heterocycles. The molecule has 0 heterocycles. The van der Waals surface area contributed by atoms with Gasteiger partial charge >= 0.3 is 0 Å². The van der Waals surface area contributed by atoms with Gasteiger partial charge in [0.05, 0.1) is 0 Å². The minimum absolute atomic E-state index is 1.23. The first kappa shape index (κ1) is 17.0. The zero-order chi connectivity index (χ0) is 16.8. The Hall–Kier alpha value is -2.34. The fraction of sp³-hybridized carbons (Fsp3) is 0.217. The summed E-state index contributed by atoms with van der Waals surface area (Å²) < 4.78 is 0. The van der Waals surface area contributed by atoms with E-state index in [1.54, 1.807) is 0 Å². The maximum atomic E-state index is 2.21. The highest BCUT2D eigenvalue weighted by Gasteiger charge is 2.05. The van der Waals surface area contributed by atoms with Gasteiger partial charge in [-0.15, -0.1) is 0 Å². The van der Waals surface area contributed by atoms with E-state index in [1.807, 2.05) is 0 Å². The van der Waals surface area contributed by atoms with Gasteiger partial charge in [0.15, 0.2) is 0 Å². The number of hydrogen-bond donors (Lipinski definition) is 0. The van der Waals surface area contributed by atoms with Crippen molar-refractivity contribution in [2.45, 2.75) is 34.6 Å². The van der Waals surface area contributed by atoms with E-state index < -0.39 is 0 Å². The van der Waals surface area contributed by atoms with Crippen molar-refractivity contribution in [3.8, 4) is 0 Å². The molecule has 0 atom stereocenters. The third-order valence-corrected chi connectivity index (χ3v) is 3.95. The van der Waals surface area contributed by atoms with Crippen molar-refractivity contribution in [3.63, 3.8) is 0 Å². The number of benzene rings is 2. The van der Waals surface area contributed by atoms with E-state index in [0.29, 0.717) is 0 Å². The topological polar surface area (TPSA) is 0 Å². The van der Waals surface area contributed by atoms with E-state index in [0.717, 1.165) is 0 Å². The molecule has 0 amide bonds. The molecule has 2 aromatic rings. The van der Waals surface area contributed by atoms with Crippen molar-refractivity contribution in [3.05, 3.63) is 94.1 Å². The lowest BCUT2D eigenvalue weighted by atomic mass is 9.94. The van der Waals surface area contributed by atoms with Crippen molar-refractivity contribution in [1.29, 1.82) is 0 Å². The Morgan fingerprint density at radius 1 is 0.739 bits per heavy atom. The van der Waals surface area contributed by atoms with Crippen LogP contribution in [0.5, 0.6) is 0 Å². The molecule has 0 aliphatic rings. The van der Waals surface area contributed by atoms with Crippen LogP contribution >= 0.6 is 0 Å². The first-order chi connectivity index (χ1) is 11.0. The van der Waals surface area contributed by atoms with Crippen LogP contribution in [0.4, 0.5) is 0 Å². The van der Waals surface area contributed by atoms with Gasteiger partial charge in [0, 0.05) is 0 Å². The normalized spacial score (nSPS) is 11.8. The summed E-state index contributed by atoms with van der Waals surface area (Å²) in [5, 5.41) is 0. The smallest absolute Gasteiger partial charge is 0.0168 e. The molecule has 23 heavy (non-hydrogen) atoms. The molecule has 0 nitrogen and oxygen atoms in total. The Morgan fingerprint density at radius 3 is 1.78 bits per heavy atom. The zero-order valence-electron chi connectivity index (χ0n) is 14.9. The summed E-state index contributed by atoms with van der Waals surface area (Å²) in [6.07, 6.45) is 6.49. The summed E-state index contributed by atoms with van der Waals surface area (Å²) in [7, 11) is 0. The standard InChI is InChI=1S/C23H26/c1-17(2)23(22-15-11-19(4)12-16-22)20(5)7-6-8-21-13-9-18(3)10-14-21/h6-16H,1-5H3. The largest absolute Gasteiger partial charge is 0.0683 e. The number of rotatable bonds is 4. The molecule has 118 valence electrons. The van der Waals surface area contributed by atoms with Gasteiger partial charge in [-0.1, -0.05) is 83.5 Å². The summed E-state index contributed by atoms with van der Waals surface area (Å²) in [4.78, 5) is 0. The van der Waals surface area contributed by atoms with E-state index in [-0.39, 0.29) is 0 Å². The van der Waals surface area contributed by atoms with Crippen LogP contribution in [0.15, 0.2) is 71.8 Å². The molecule has 0 aromatic heterocycles. The predicted octanol–water partition coefficient (Wildman–Crippen LogP) is 6.76. The first-order valence-electron chi connectivity index (χ1n) is 8.14. The number of allylic oxidation sites excluding steroid dienone is 5. The molecule has 0 spiro atoms. The van der Waals surface area contributed by atoms with E-state index in [9.17, 15) is 0 Å². The van der Waals surface area contributed by atoms with Crippen molar-refractivity contribution in [2.24, 2.45) is 0 Å². The van der Waals surface area contributed by atoms with Gasteiger partial charge in [-0.3, -0.25) is 0 Å². The van der Waals surface area contributed by atoms with Crippen molar-refractivity contribution in [2.75, 3.05) is 0 Å². The molecule has 0 bridgehead atoms. The maximum Gasteiger partial charge on any atom is -0.0168 e. The highest BCUT2D eigenvalue weighted by atomic mass is 14.1. The molecule has 0 aliphatic carbocycles. The Kier molecular flexibility index (Phi) is 5.76. The second kappa shape index (κ2) is 7.78. The van der Waals surface area contributed by atoms with Crippen LogP contribution in [0.3, 0.4) is 0 Å². The third-order valence-electron chi connectivity index (χ3n) is 3.95. The van der Waals surface area contributed by atoms with Gasteiger partial charge < -0.3 is 0 Å². The molecule has 2 rings (SSSR count). The van der Waals surface area contributed by atoms with Gasteiger partial charge in [-0.2, -0.15) is 0 Å². The molecule has 0 N–H and O–H groups in total. The van der Waals surface area contributed by atoms with Crippen molar-refractivity contribution < 1.29 is 0 Å². The van der Waals surface area contributed by atoms with E-state index in [2.05, 4.69) is 101 Å². The lowest BCUT2D eigenvalue weighted by molar-refractivity contribution is 1.34. The second-order valence-corrected chi connectivity index (χ2v) is 6.36. The quantitative estimate of drug-likeness (QED) is 0.547. The van der Waals surface area contributed by atoms with Crippen molar-refractivity contribution in [1.82, 2.24) is 0 Å². The summed E-state index contributed by atoms with van der Waals surface area (Å²) in [5.74, 6) is 0. The molecular weight excluding hydrogens is 276 g/mol. The minimum atomic E-state index is 1.23. The van der Waals surface area contributed by atoms with Gasteiger partial charge in [-0.05, 0) is 56.9 Å². The Bertz CT molecular complexity index is 732. The molecule has 0 fully saturated rings. The van der Waals surface area contributed by atoms with E-state index in [4.69, 9.17) is 0 Å². The highest BCUT2D eigenvalue weighted by Crippen LogP contribution is 2.26. The molecule has 0 saturated heterocycles. The molecule has 0 radical (unpaired) electrons. The molecule has 2 aromatic carbocycles. The second-order valence-electron chi connectivity index (χ2n) is 6.36. The maximum absolute atomic E-state index is 2.21. The van der Waals surface area contributed by atoms with Crippen LogP contribution in [-0.2, 0) is 0 Å². The van der Waals surface area contributed by atoms with Crippen LogP contribution < -0.4 is 0 Å². The van der Waals surface area contributed by atoms with Crippen LogP contribution in [0.25, 0.3) is 11.6 Å². The number of hydrogen-bond acceptors (Lipinski definition) is 0. The van der Waals surface area contributed by atoms with E-state index in [1.165, 1.54) is 39.0 Å². The van der Waals surface area contributed by atoms with Gasteiger partial charge in [0.25, 0.3) is 0 Å². The SMILES string of the molecule is CC(=CC=Cc1ccc(C)cc1)C(=C(C)C)c1ccc(C)cc1. The highest BCUT2D eigenvalue weighted by molar-refractivity contribution is 5.81. The fourth-order valence-electron chi connectivity index (χ4n) is 2.70. The minimum Gasteiger partial charge on any atom is -0.0683 e. The Balaban J connectivity index is 2.24. The summed E-state index contributed by atoms with van der Waals surface area (Å²) >= 11 is 0. The zero-order valence-corrected chi connectivity index (χ0v) is 14.9. The lowest BCUT2D eigenvalue weighted by Gasteiger charge is -2.11. The van der Waals surface area contributed by atoms with E-state index >= 15 is 0 Å². The van der Waals surface area contributed by atoms with Gasteiger partial charge in [-0.25, -0.2) is 0 Å². The molecule has 0 heteroatoms.